The molecule has 0 aliphatic heterocycles. The highest BCUT2D eigenvalue weighted by molar-refractivity contribution is 5.82. The van der Waals surface area contributed by atoms with Crippen molar-refractivity contribution in [2.24, 2.45) is 0 Å². The smallest absolute Gasteiger partial charge is 0.0744 e. The fourth-order valence-corrected chi connectivity index (χ4v) is 2.04. The minimum Gasteiger partial charge on any atom is -0.278 e. The van der Waals surface area contributed by atoms with E-state index in [1.54, 1.807) is 0 Å². The van der Waals surface area contributed by atoms with Crippen LogP contribution in [0, 0.1) is 6.92 Å². The summed E-state index contributed by atoms with van der Waals surface area (Å²) in [5.74, 6) is 0. The van der Waals surface area contributed by atoms with Crippen molar-refractivity contribution in [2.75, 3.05) is 0 Å². The van der Waals surface area contributed by atoms with Crippen LogP contribution in [0.2, 0.25) is 0 Å². The average molecular weight is 221 g/mol. The first-order valence-electron chi connectivity index (χ1n) is 5.66. The van der Waals surface area contributed by atoms with Crippen LogP contribution in [0.5, 0.6) is 0 Å². The number of aromatic nitrogens is 2. The molecule has 2 nitrogen and oxygen atoms in total. The summed E-state index contributed by atoms with van der Waals surface area (Å²) in [4.78, 5) is 0. The van der Waals surface area contributed by atoms with Gasteiger partial charge < -0.3 is 0 Å². The second-order valence-electron chi connectivity index (χ2n) is 4.21. The zero-order valence-corrected chi connectivity index (χ0v) is 9.48. The van der Waals surface area contributed by atoms with Gasteiger partial charge in [-0.05, 0) is 30.2 Å². The molecular formula is C15H13N2. The van der Waals surface area contributed by atoms with Gasteiger partial charge in [-0.1, -0.05) is 36.4 Å². The van der Waals surface area contributed by atoms with Crippen LogP contribution in [0.15, 0.2) is 48.5 Å². The third-order valence-corrected chi connectivity index (χ3v) is 2.92. The van der Waals surface area contributed by atoms with Crippen LogP contribution in [0.4, 0.5) is 0 Å². The number of nitrogens with zero attached hydrogens (tertiary/aromatic N) is 1. The first-order chi connectivity index (χ1) is 8.33. The van der Waals surface area contributed by atoms with Gasteiger partial charge in [0.15, 0.2) is 0 Å². The molecule has 0 saturated heterocycles. The van der Waals surface area contributed by atoms with Crippen LogP contribution in [-0.4, -0.2) is 10.2 Å². The van der Waals surface area contributed by atoms with E-state index in [2.05, 4.69) is 47.5 Å². The number of nitrogens with one attached hydrogen (secondary N) is 1. The summed E-state index contributed by atoms with van der Waals surface area (Å²) < 4.78 is 0. The molecule has 1 aromatic heterocycles. The molecule has 2 aromatic carbocycles. The van der Waals surface area contributed by atoms with Gasteiger partial charge in [0.2, 0.25) is 0 Å². The van der Waals surface area contributed by atoms with Crippen molar-refractivity contribution in [3.63, 3.8) is 0 Å². The number of rotatable bonds is 2. The number of hydrogen-bond acceptors (Lipinski definition) is 1. The molecule has 0 unspecified atom stereocenters. The lowest BCUT2D eigenvalue weighted by atomic mass is 10.1. The Bertz CT molecular complexity index is 638. The fraction of sp³-hybridized carbons (Fsp3) is 0.0667. The Balaban J connectivity index is 2.03. The molecule has 2 heteroatoms. The molecule has 0 amide bonds. The molecule has 17 heavy (non-hydrogen) atoms. The van der Waals surface area contributed by atoms with E-state index >= 15 is 0 Å². The van der Waals surface area contributed by atoms with Gasteiger partial charge in [-0.3, -0.25) is 5.10 Å². The standard InChI is InChI=1S/C15H13N2/c1-11-7-8-14-13(9-11)15(17-16-14)10-12-5-3-2-4-6-12/h2-9H,1,10H2,(H,16,17). The molecule has 0 spiro atoms. The fourth-order valence-electron chi connectivity index (χ4n) is 2.04. The molecule has 1 heterocycles. The number of fused-ring (bicyclic) bond motifs is 1. The minimum atomic E-state index is 0.851. The van der Waals surface area contributed by atoms with Gasteiger partial charge in [0.25, 0.3) is 0 Å². The second-order valence-corrected chi connectivity index (χ2v) is 4.21. The number of aromatic amines is 1. The zero-order chi connectivity index (χ0) is 11.7. The SMILES string of the molecule is [CH2]c1ccc2[nH]nc(Cc3ccccc3)c2c1. The molecule has 0 saturated carbocycles. The third-order valence-electron chi connectivity index (χ3n) is 2.92. The number of H-pyrrole nitrogens is 1. The summed E-state index contributed by atoms with van der Waals surface area (Å²) in [5, 5.41) is 8.60. The van der Waals surface area contributed by atoms with Crippen LogP contribution >= 0.6 is 0 Å². The highest BCUT2D eigenvalue weighted by atomic mass is 15.1. The second kappa shape index (κ2) is 4.06. The Morgan fingerprint density at radius 3 is 2.71 bits per heavy atom. The van der Waals surface area contributed by atoms with Gasteiger partial charge in [0.05, 0.1) is 11.2 Å². The highest BCUT2D eigenvalue weighted by Crippen LogP contribution is 2.19. The predicted octanol–water partition coefficient (Wildman–Crippen LogP) is 3.34. The quantitative estimate of drug-likeness (QED) is 0.706. The molecule has 0 aliphatic carbocycles. The summed E-state index contributed by atoms with van der Waals surface area (Å²) in [7, 11) is 0. The maximum atomic E-state index is 4.38. The lowest BCUT2D eigenvalue weighted by Gasteiger charge is -1.99. The van der Waals surface area contributed by atoms with Gasteiger partial charge in [0.1, 0.15) is 0 Å². The van der Waals surface area contributed by atoms with Crippen molar-refractivity contribution in [3.8, 4) is 0 Å². The monoisotopic (exact) mass is 221 g/mol. The molecule has 0 fully saturated rings. The van der Waals surface area contributed by atoms with Crippen LogP contribution in [0.3, 0.4) is 0 Å². The molecule has 3 rings (SSSR count). The Morgan fingerprint density at radius 2 is 1.88 bits per heavy atom. The first kappa shape index (κ1) is 10.1. The summed E-state index contributed by atoms with van der Waals surface area (Å²) in [6.07, 6.45) is 0.851. The maximum absolute atomic E-state index is 4.38. The molecule has 0 atom stereocenters. The molecule has 1 radical (unpaired) electrons. The van der Waals surface area contributed by atoms with E-state index in [1.165, 1.54) is 10.9 Å². The molecule has 0 bridgehead atoms. The van der Waals surface area contributed by atoms with E-state index in [1.807, 2.05) is 18.2 Å². The Morgan fingerprint density at radius 1 is 1.06 bits per heavy atom. The van der Waals surface area contributed by atoms with Gasteiger partial charge >= 0.3 is 0 Å². The summed E-state index contributed by atoms with van der Waals surface area (Å²) in [6.45, 7) is 3.96. The van der Waals surface area contributed by atoms with Crippen LogP contribution in [-0.2, 0) is 6.42 Å². The normalized spacial score (nSPS) is 10.9. The molecule has 3 aromatic rings. The lowest BCUT2D eigenvalue weighted by molar-refractivity contribution is 1.01. The predicted molar refractivity (Wildman–Crippen MR) is 69.8 cm³/mol. The minimum absolute atomic E-state index is 0.851. The topological polar surface area (TPSA) is 28.7 Å². The molecular weight excluding hydrogens is 208 g/mol. The largest absolute Gasteiger partial charge is 0.278 e. The van der Waals surface area contributed by atoms with Gasteiger partial charge in [0, 0.05) is 11.8 Å². The van der Waals surface area contributed by atoms with E-state index < -0.39 is 0 Å². The molecule has 1 N–H and O–H groups in total. The van der Waals surface area contributed by atoms with Crippen molar-refractivity contribution in [3.05, 3.63) is 72.3 Å². The van der Waals surface area contributed by atoms with Gasteiger partial charge in [-0.25, -0.2) is 0 Å². The van der Waals surface area contributed by atoms with Crippen molar-refractivity contribution in [2.45, 2.75) is 6.42 Å². The molecule has 83 valence electrons. The number of benzene rings is 2. The summed E-state index contributed by atoms with van der Waals surface area (Å²) in [5.41, 5.74) is 4.45. The van der Waals surface area contributed by atoms with Crippen molar-refractivity contribution >= 4 is 10.9 Å². The Hall–Kier alpha value is -2.09. The van der Waals surface area contributed by atoms with E-state index in [-0.39, 0.29) is 0 Å². The first-order valence-corrected chi connectivity index (χ1v) is 5.66. The van der Waals surface area contributed by atoms with Gasteiger partial charge in [-0.2, -0.15) is 5.10 Å². The van der Waals surface area contributed by atoms with E-state index in [4.69, 9.17) is 0 Å². The molecule has 0 aliphatic rings. The van der Waals surface area contributed by atoms with Gasteiger partial charge in [-0.15, -0.1) is 0 Å². The van der Waals surface area contributed by atoms with Crippen molar-refractivity contribution in [1.29, 1.82) is 0 Å². The summed E-state index contributed by atoms with van der Waals surface area (Å²) >= 11 is 0. The van der Waals surface area contributed by atoms with E-state index in [0.29, 0.717) is 0 Å². The van der Waals surface area contributed by atoms with E-state index in [0.717, 1.165) is 23.2 Å². The number of hydrogen-bond donors (Lipinski definition) is 1. The third kappa shape index (κ3) is 1.94. The Labute approximate surface area is 100 Å². The average Bonchev–Trinajstić information content (AvgIpc) is 2.73. The summed E-state index contributed by atoms with van der Waals surface area (Å²) in [6, 6.07) is 16.5. The van der Waals surface area contributed by atoms with Crippen molar-refractivity contribution < 1.29 is 0 Å². The highest BCUT2D eigenvalue weighted by Gasteiger charge is 2.06. The van der Waals surface area contributed by atoms with Crippen LogP contribution < -0.4 is 0 Å². The van der Waals surface area contributed by atoms with Crippen molar-refractivity contribution in [1.82, 2.24) is 10.2 Å². The van der Waals surface area contributed by atoms with E-state index in [9.17, 15) is 0 Å². The lowest BCUT2D eigenvalue weighted by Crippen LogP contribution is -1.88. The maximum Gasteiger partial charge on any atom is 0.0744 e. The van der Waals surface area contributed by atoms with Crippen LogP contribution in [0.1, 0.15) is 16.8 Å². The zero-order valence-electron chi connectivity index (χ0n) is 9.48. The van der Waals surface area contributed by atoms with Crippen LogP contribution in [0.25, 0.3) is 10.9 Å². The Kier molecular flexibility index (Phi) is 2.41.